The maximum Gasteiger partial charge on any atom is 0.248 e. The van der Waals surface area contributed by atoms with Crippen molar-refractivity contribution in [2.24, 2.45) is 0 Å². The molecule has 0 saturated carbocycles. The van der Waals surface area contributed by atoms with Crippen molar-refractivity contribution in [1.29, 1.82) is 0 Å². The van der Waals surface area contributed by atoms with E-state index in [0.717, 1.165) is 18.7 Å². The Morgan fingerprint density at radius 3 is 2.47 bits per heavy atom. The second kappa shape index (κ2) is 13.5. The van der Waals surface area contributed by atoms with E-state index in [1.165, 1.54) is 39.1 Å². The first-order valence-corrected chi connectivity index (χ1v) is 13.6. The van der Waals surface area contributed by atoms with Crippen LogP contribution in [0.1, 0.15) is 5.56 Å². The fraction of sp³-hybridized carbons (Fsp3) is 0.286. The number of methoxy groups -OCH3 is 2. The zero-order valence-corrected chi connectivity index (χ0v) is 24.2. The Bertz CT molecular complexity index is 1560. The highest BCUT2D eigenvalue weighted by Gasteiger charge is 2.22. The van der Waals surface area contributed by atoms with Gasteiger partial charge in [0.15, 0.2) is 11.6 Å². The van der Waals surface area contributed by atoms with Gasteiger partial charge in [-0.15, -0.1) is 0 Å². The molecule has 4 heterocycles. The normalized spacial score (nSPS) is 13.5. The van der Waals surface area contributed by atoms with Crippen LogP contribution in [0.25, 0.3) is 11.3 Å². The highest BCUT2D eigenvalue weighted by atomic mass is 35.5. The van der Waals surface area contributed by atoms with Gasteiger partial charge in [-0.2, -0.15) is 0 Å². The smallest absolute Gasteiger partial charge is 0.248 e. The quantitative estimate of drug-likeness (QED) is 0.242. The number of rotatable bonds is 10. The van der Waals surface area contributed by atoms with Crippen LogP contribution in [0.3, 0.4) is 0 Å². The largest absolute Gasteiger partial charge is 0.495 e. The van der Waals surface area contributed by atoms with Gasteiger partial charge in [0.05, 0.1) is 25.5 Å². The summed E-state index contributed by atoms with van der Waals surface area (Å²) in [6.45, 7) is 2.85. The number of ether oxygens (including phenoxy) is 2. The molecule has 3 aromatic heterocycles. The minimum Gasteiger partial charge on any atom is -0.495 e. The maximum absolute atomic E-state index is 15.2. The summed E-state index contributed by atoms with van der Waals surface area (Å²) < 4.78 is 25.5. The minimum atomic E-state index is -0.712. The summed E-state index contributed by atoms with van der Waals surface area (Å²) in [7, 11) is 2.76. The molecule has 3 N–H and O–H groups in total. The van der Waals surface area contributed by atoms with Crippen LogP contribution >= 0.6 is 11.6 Å². The SMILES string of the molecule is COc1cc(OC)c(Cl)c(Nc2ncncc2-c2cc(Nc3ccc(CN4CCN(C(=O)CO)CC4)cn3)ncn2)c1F. The van der Waals surface area contributed by atoms with Crippen LogP contribution in [-0.2, 0) is 11.3 Å². The fourth-order valence-corrected chi connectivity index (χ4v) is 4.80. The summed E-state index contributed by atoms with van der Waals surface area (Å²) in [4.78, 5) is 37.1. The molecule has 0 aliphatic carbocycles. The Morgan fingerprint density at radius 2 is 1.77 bits per heavy atom. The topological polar surface area (TPSA) is 151 Å². The van der Waals surface area contributed by atoms with E-state index < -0.39 is 12.4 Å². The van der Waals surface area contributed by atoms with Crippen molar-refractivity contribution >= 4 is 40.6 Å². The number of aliphatic hydroxyl groups is 1. The molecule has 1 aliphatic heterocycles. The Morgan fingerprint density at radius 1 is 0.977 bits per heavy atom. The number of benzene rings is 1. The number of anilines is 4. The number of piperazine rings is 1. The van der Waals surface area contributed by atoms with Gasteiger partial charge in [-0.25, -0.2) is 29.3 Å². The predicted octanol–water partition coefficient (Wildman–Crippen LogP) is 3.26. The van der Waals surface area contributed by atoms with Crippen molar-refractivity contribution < 1.29 is 23.8 Å². The van der Waals surface area contributed by atoms with Crippen molar-refractivity contribution in [1.82, 2.24) is 34.7 Å². The third-order valence-corrected chi connectivity index (χ3v) is 7.19. The van der Waals surface area contributed by atoms with Crippen LogP contribution in [-0.4, -0.2) is 92.7 Å². The summed E-state index contributed by atoms with van der Waals surface area (Å²) in [6, 6.07) is 6.87. The number of hydrogen-bond donors (Lipinski definition) is 3. The van der Waals surface area contributed by atoms with Crippen molar-refractivity contribution in [3.8, 4) is 22.8 Å². The van der Waals surface area contributed by atoms with Crippen LogP contribution < -0.4 is 20.1 Å². The first-order valence-electron chi connectivity index (χ1n) is 13.2. The molecule has 0 atom stereocenters. The molecular formula is C28H29ClFN9O4. The van der Waals surface area contributed by atoms with E-state index in [1.54, 1.807) is 17.2 Å². The first-order chi connectivity index (χ1) is 20.9. The van der Waals surface area contributed by atoms with Crippen LogP contribution in [0.4, 0.5) is 27.5 Å². The molecule has 0 bridgehead atoms. The van der Waals surface area contributed by atoms with Crippen LogP contribution in [0, 0.1) is 5.82 Å². The minimum absolute atomic E-state index is 0.0176. The third-order valence-electron chi connectivity index (χ3n) is 6.82. The second-order valence-corrected chi connectivity index (χ2v) is 9.85. The molecule has 1 aromatic carbocycles. The summed E-state index contributed by atoms with van der Waals surface area (Å²) in [5.74, 6) is 0.512. The molecule has 0 unspecified atom stereocenters. The van der Waals surface area contributed by atoms with Gasteiger partial charge in [0.25, 0.3) is 0 Å². The van der Waals surface area contributed by atoms with Gasteiger partial charge in [-0.3, -0.25) is 9.69 Å². The van der Waals surface area contributed by atoms with Crippen LogP contribution in [0.5, 0.6) is 11.5 Å². The summed E-state index contributed by atoms with van der Waals surface area (Å²) >= 11 is 6.40. The van der Waals surface area contributed by atoms with Crippen LogP contribution in [0.15, 0.2) is 49.3 Å². The van der Waals surface area contributed by atoms with E-state index in [0.29, 0.717) is 42.5 Å². The number of halogens is 2. The van der Waals surface area contributed by atoms with E-state index in [9.17, 15) is 4.79 Å². The maximum atomic E-state index is 15.2. The van der Waals surface area contributed by atoms with Crippen molar-refractivity contribution in [2.45, 2.75) is 6.54 Å². The lowest BCUT2D eigenvalue weighted by Gasteiger charge is -2.34. The standard InChI is InChI=1S/C28H29ClFN9O4/c1-42-20-10-21(43-2)26(30)27(25(20)29)37-28-18(12-31-15-35-28)19-9-23(34-16-33-19)36-22-4-3-17(11-32-22)13-38-5-7-39(8-6-38)24(41)14-40/h3-4,9-12,15-16,40H,5-8,13-14H2,1-2H3,(H,31,35,37)(H,32,33,34,36). The molecule has 1 amide bonds. The van der Waals surface area contributed by atoms with E-state index in [1.807, 2.05) is 12.1 Å². The lowest BCUT2D eigenvalue weighted by molar-refractivity contribution is -0.136. The fourth-order valence-electron chi connectivity index (χ4n) is 4.54. The molecule has 1 aliphatic rings. The lowest BCUT2D eigenvalue weighted by Crippen LogP contribution is -2.49. The number of pyridine rings is 1. The number of carbonyl (C=O) groups is 1. The zero-order chi connectivity index (χ0) is 30.3. The molecular weight excluding hydrogens is 581 g/mol. The van der Waals surface area contributed by atoms with Gasteiger partial charge in [0, 0.05) is 57.3 Å². The molecule has 4 aromatic rings. The molecule has 5 rings (SSSR count). The third kappa shape index (κ3) is 6.88. The molecule has 0 spiro atoms. The number of hydrogen-bond acceptors (Lipinski definition) is 12. The lowest BCUT2D eigenvalue weighted by atomic mass is 10.2. The van der Waals surface area contributed by atoms with Gasteiger partial charge >= 0.3 is 0 Å². The van der Waals surface area contributed by atoms with E-state index in [4.69, 9.17) is 26.2 Å². The summed E-state index contributed by atoms with van der Waals surface area (Å²) in [5, 5.41) is 15.2. The van der Waals surface area contributed by atoms with Crippen molar-refractivity contribution in [3.05, 3.63) is 65.7 Å². The van der Waals surface area contributed by atoms with Gasteiger partial charge in [0.1, 0.15) is 53.2 Å². The Balaban J connectivity index is 1.29. The van der Waals surface area contributed by atoms with Crippen molar-refractivity contribution in [2.75, 3.05) is 57.6 Å². The second-order valence-electron chi connectivity index (χ2n) is 9.47. The molecule has 13 nitrogen and oxygen atoms in total. The summed E-state index contributed by atoms with van der Waals surface area (Å²) in [5.41, 5.74) is 1.87. The highest BCUT2D eigenvalue weighted by Crippen LogP contribution is 2.42. The van der Waals surface area contributed by atoms with Gasteiger partial charge in [-0.05, 0) is 11.6 Å². The van der Waals surface area contributed by atoms with Crippen LogP contribution in [0.2, 0.25) is 5.02 Å². The average Bonchev–Trinajstić information content (AvgIpc) is 3.04. The van der Waals surface area contributed by atoms with E-state index in [2.05, 4.69) is 40.5 Å². The highest BCUT2D eigenvalue weighted by molar-refractivity contribution is 6.35. The summed E-state index contributed by atoms with van der Waals surface area (Å²) in [6.07, 6.45) is 6.02. The molecule has 1 saturated heterocycles. The molecule has 15 heteroatoms. The number of nitrogens with zero attached hydrogens (tertiary/aromatic N) is 7. The monoisotopic (exact) mass is 609 g/mol. The number of nitrogens with one attached hydrogen (secondary N) is 2. The predicted molar refractivity (Wildman–Crippen MR) is 157 cm³/mol. The van der Waals surface area contributed by atoms with Gasteiger partial charge in [-0.1, -0.05) is 17.7 Å². The number of carbonyl (C=O) groups excluding carboxylic acids is 1. The van der Waals surface area contributed by atoms with E-state index >= 15 is 4.39 Å². The number of aliphatic hydroxyl groups excluding tert-OH is 1. The molecule has 1 fully saturated rings. The molecule has 43 heavy (non-hydrogen) atoms. The van der Waals surface area contributed by atoms with Gasteiger partial charge < -0.3 is 30.1 Å². The average molecular weight is 610 g/mol. The zero-order valence-electron chi connectivity index (χ0n) is 23.4. The number of aromatic nitrogens is 5. The van der Waals surface area contributed by atoms with E-state index in [-0.39, 0.29) is 33.9 Å². The van der Waals surface area contributed by atoms with Crippen molar-refractivity contribution in [3.63, 3.8) is 0 Å². The Kier molecular flexibility index (Phi) is 9.39. The Labute approximate surface area is 251 Å². The molecule has 0 radical (unpaired) electrons. The number of amides is 1. The Hall–Kier alpha value is -4.66. The molecule has 224 valence electrons. The first kappa shape index (κ1) is 29.8. The van der Waals surface area contributed by atoms with Gasteiger partial charge in [0.2, 0.25) is 5.91 Å².